The van der Waals surface area contributed by atoms with Crippen LogP contribution in [-0.2, 0) is 4.79 Å². The van der Waals surface area contributed by atoms with Crippen LogP contribution in [0.2, 0.25) is 0 Å². The van der Waals surface area contributed by atoms with E-state index in [-0.39, 0.29) is 5.91 Å². The van der Waals surface area contributed by atoms with Crippen molar-refractivity contribution in [3.63, 3.8) is 0 Å². The maximum Gasteiger partial charge on any atom is 0.245 e. The highest BCUT2D eigenvalue weighted by atomic mass is 32.1. The summed E-state index contributed by atoms with van der Waals surface area (Å²) >= 11 is 1.32. The Labute approximate surface area is 213 Å². The van der Waals surface area contributed by atoms with E-state index in [1.807, 2.05) is 60.0 Å². The lowest BCUT2D eigenvalue weighted by Gasteiger charge is -2.16. The van der Waals surface area contributed by atoms with E-state index in [1.54, 1.807) is 34.5 Å². The van der Waals surface area contributed by atoms with Crippen LogP contribution in [0.4, 0.5) is 5.69 Å². The summed E-state index contributed by atoms with van der Waals surface area (Å²) in [6.07, 6.45) is 0. The lowest BCUT2D eigenvalue weighted by Crippen LogP contribution is -2.27. The molecule has 1 heterocycles. The standard InChI is InChI=1S/C27H27N3O5S/c1-32-21-11-10-17(12-20(21)29-27(31)24(28)16-8-6-5-7-9-16)19-15-36-30-25(19)18-13-22(33-2)26(35-4)23(14-18)34-3/h5-15,24H,28H2,1-4H3,(H,29,31)/t24-/m1/s1. The minimum absolute atomic E-state index is 0.343. The molecule has 0 radical (unpaired) electrons. The monoisotopic (exact) mass is 505 g/mol. The summed E-state index contributed by atoms with van der Waals surface area (Å²) in [5.74, 6) is 1.74. The maximum atomic E-state index is 12.9. The number of anilines is 1. The number of ether oxygens (including phenoxy) is 4. The fourth-order valence-electron chi connectivity index (χ4n) is 3.86. The lowest BCUT2D eigenvalue weighted by atomic mass is 10.00. The third-order valence-electron chi connectivity index (χ3n) is 5.72. The molecule has 0 unspecified atom stereocenters. The van der Waals surface area contributed by atoms with Crippen LogP contribution in [0.3, 0.4) is 0 Å². The van der Waals surface area contributed by atoms with Gasteiger partial charge in [-0.2, -0.15) is 4.37 Å². The quantitative estimate of drug-likeness (QED) is 0.324. The van der Waals surface area contributed by atoms with Gasteiger partial charge in [0.15, 0.2) is 11.5 Å². The third kappa shape index (κ3) is 4.98. The van der Waals surface area contributed by atoms with Crippen LogP contribution in [-0.4, -0.2) is 38.7 Å². The number of methoxy groups -OCH3 is 4. The second-order valence-corrected chi connectivity index (χ2v) is 8.41. The molecule has 0 aliphatic carbocycles. The SMILES string of the molecule is COc1ccc(-c2csnc2-c2cc(OC)c(OC)c(OC)c2)cc1NC(=O)[C@H](N)c1ccccc1. The summed E-state index contributed by atoms with van der Waals surface area (Å²) in [6.45, 7) is 0. The zero-order valence-electron chi connectivity index (χ0n) is 20.4. The lowest BCUT2D eigenvalue weighted by molar-refractivity contribution is -0.117. The van der Waals surface area contributed by atoms with Gasteiger partial charge >= 0.3 is 0 Å². The molecule has 4 rings (SSSR count). The summed E-state index contributed by atoms with van der Waals surface area (Å²) in [4.78, 5) is 12.9. The van der Waals surface area contributed by atoms with Crippen LogP contribution >= 0.6 is 11.5 Å². The van der Waals surface area contributed by atoms with Gasteiger partial charge in [-0.25, -0.2) is 0 Å². The van der Waals surface area contributed by atoms with E-state index in [0.29, 0.717) is 28.7 Å². The Balaban J connectivity index is 1.71. The van der Waals surface area contributed by atoms with Crippen LogP contribution in [0, 0.1) is 0 Å². The van der Waals surface area contributed by atoms with Gasteiger partial charge in [0.25, 0.3) is 0 Å². The number of carbonyl (C=O) groups is 1. The fourth-order valence-corrected chi connectivity index (χ4v) is 4.58. The van der Waals surface area contributed by atoms with E-state index >= 15 is 0 Å². The largest absolute Gasteiger partial charge is 0.495 e. The van der Waals surface area contributed by atoms with Crippen molar-refractivity contribution in [2.75, 3.05) is 33.8 Å². The molecule has 186 valence electrons. The second-order valence-electron chi connectivity index (χ2n) is 7.78. The van der Waals surface area contributed by atoms with Gasteiger partial charge in [-0.15, -0.1) is 0 Å². The van der Waals surface area contributed by atoms with E-state index in [4.69, 9.17) is 24.7 Å². The number of rotatable bonds is 9. The summed E-state index contributed by atoms with van der Waals surface area (Å²) in [5.41, 5.74) is 10.7. The molecule has 4 aromatic rings. The molecule has 0 fully saturated rings. The number of benzene rings is 3. The normalized spacial score (nSPS) is 11.5. The fraction of sp³-hybridized carbons (Fsp3) is 0.185. The first-order valence-electron chi connectivity index (χ1n) is 11.0. The molecular formula is C27H27N3O5S. The third-order valence-corrected chi connectivity index (χ3v) is 6.35. The number of nitrogens with one attached hydrogen (secondary N) is 1. The number of hydrogen-bond acceptors (Lipinski definition) is 8. The molecule has 1 atom stereocenters. The van der Waals surface area contributed by atoms with E-state index in [2.05, 4.69) is 9.69 Å². The average Bonchev–Trinajstić information content (AvgIpc) is 3.42. The molecule has 0 saturated carbocycles. The van der Waals surface area contributed by atoms with Crippen LogP contribution in [0.15, 0.2) is 66.0 Å². The molecule has 8 nitrogen and oxygen atoms in total. The first-order valence-corrected chi connectivity index (χ1v) is 11.9. The zero-order chi connectivity index (χ0) is 25.7. The highest BCUT2D eigenvalue weighted by molar-refractivity contribution is 7.04. The maximum absolute atomic E-state index is 12.9. The van der Waals surface area contributed by atoms with Gasteiger partial charge < -0.3 is 30.0 Å². The predicted molar refractivity (Wildman–Crippen MR) is 141 cm³/mol. The Morgan fingerprint density at radius 1 is 0.861 bits per heavy atom. The van der Waals surface area contributed by atoms with Crippen molar-refractivity contribution < 1.29 is 23.7 Å². The molecule has 1 amide bonds. The van der Waals surface area contributed by atoms with Gasteiger partial charge in [-0.1, -0.05) is 36.4 Å². The van der Waals surface area contributed by atoms with Crippen LogP contribution in [0.25, 0.3) is 22.4 Å². The highest BCUT2D eigenvalue weighted by Crippen LogP contribution is 2.44. The molecule has 36 heavy (non-hydrogen) atoms. The molecule has 0 saturated heterocycles. The Kier molecular flexibility index (Phi) is 7.72. The number of nitrogens with two attached hydrogens (primary N) is 1. The predicted octanol–water partition coefficient (Wildman–Crippen LogP) is 5.15. The van der Waals surface area contributed by atoms with Crippen LogP contribution in [0.5, 0.6) is 23.0 Å². The number of hydrogen-bond donors (Lipinski definition) is 2. The molecule has 3 aromatic carbocycles. The van der Waals surface area contributed by atoms with E-state index in [1.165, 1.54) is 11.5 Å². The Morgan fingerprint density at radius 2 is 1.53 bits per heavy atom. The van der Waals surface area contributed by atoms with E-state index < -0.39 is 6.04 Å². The van der Waals surface area contributed by atoms with Gasteiger partial charge in [-0.3, -0.25) is 4.79 Å². The summed E-state index contributed by atoms with van der Waals surface area (Å²) < 4.78 is 26.6. The van der Waals surface area contributed by atoms with E-state index in [9.17, 15) is 4.79 Å². The molecule has 0 aliphatic heterocycles. The van der Waals surface area contributed by atoms with Gasteiger partial charge in [0.1, 0.15) is 11.8 Å². The summed E-state index contributed by atoms with van der Waals surface area (Å²) in [5, 5.41) is 4.86. The van der Waals surface area contributed by atoms with Crippen molar-refractivity contribution in [2.24, 2.45) is 5.73 Å². The number of aromatic nitrogens is 1. The molecule has 0 bridgehead atoms. The average molecular weight is 506 g/mol. The Bertz CT molecular complexity index is 1330. The van der Waals surface area contributed by atoms with E-state index in [0.717, 1.165) is 27.9 Å². The summed E-state index contributed by atoms with van der Waals surface area (Å²) in [6, 6.07) is 17.6. The number of amides is 1. The van der Waals surface area contributed by atoms with Crippen molar-refractivity contribution in [2.45, 2.75) is 6.04 Å². The van der Waals surface area contributed by atoms with Crippen LogP contribution in [0.1, 0.15) is 11.6 Å². The molecule has 9 heteroatoms. The van der Waals surface area contributed by atoms with Crippen molar-refractivity contribution >= 4 is 23.1 Å². The van der Waals surface area contributed by atoms with Crippen molar-refractivity contribution in [1.29, 1.82) is 0 Å². The molecule has 0 aliphatic rings. The topological polar surface area (TPSA) is 105 Å². The Hall–Kier alpha value is -4.08. The summed E-state index contributed by atoms with van der Waals surface area (Å²) in [7, 11) is 6.25. The number of carbonyl (C=O) groups excluding carboxylic acids is 1. The minimum Gasteiger partial charge on any atom is -0.495 e. The first-order chi connectivity index (χ1) is 17.5. The van der Waals surface area contributed by atoms with Crippen molar-refractivity contribution in [3.8, 4) is 45.4 Å². The zero-order valence-corrected chi connectivity index (χ0v) is 21.2. The second kappa shape index (κ2) is 11.1. The van der Waals surface area contributed by atoms with Crippen LogP contribution < -0.4 is 30.0 Å². The van der Waals surface area contributed by atoms with Gasteiger partial charge in [0.2, 0.25) is 11.7 Å². The number of nitrogens with zero attached hydrogens (tertiary/aromatic N) is 1. The van der Waals surface area contributed by atoms with Gasteiger partial charge in [-0.05, 0) is 46.9 Å². The van der Waals surface area contributed by atoms with Gasteiger partial charge in [0, 0.05) is 16.5 Å². The minimum atomic E-state index is -0.822. The molecule has 0 spiro atoms. The smallest absolute Gasteiger partial charge is 0.245 e. The first kappa shape index (κ1) is 25.0. The van der Waals surface area contributed by atoms with Gasteiger partial charge in [0.05, 0.1) is 39.8 Å². The van der Waals surface area contributed by atoms with Crippen molar-refractivity contribution in [3.05, 3.63) is 71.6 Å². The molecular weight excluding hydrogens is 478 g/mol. The molecule has 3 N–H and O–H groups in total. The molecule has 1 aromatic heterocycles. The Morgan fingerprint density at radius 3 is 2.14 bits per heavy atom. The highest BCUT2D eigenvalue weighted by Gasteiger charge is 2.21. The van der Waals surface area contributed by atoms with Crippen molar-refractivity contribution in [1.82, 2.24) is 4.37 Å².